The van der Waals surface area contributed by atoms with Crippen LogP contribution in [0.4, 0.5) is 10.1 Å². The van der Waals surface area contributed by atoms with Crippen LogP contribution >= 0.6 is 0 Å². The summed E-state index contributed by atoms with van der Waals surface area (Å²) in [4.78, 5) is 33.9. The van der Waals surface area contributed by atoms with E-state index in [4.69, 9.17) is 4.98 Å². The maximum Gasteiger partial charge on any atom is 0.224 e. The summed E-state index contributed by atoms with van der Waals surface area (Å²) in [5.74, 6) is -0.168. The van der Waals surface area contributed by atoms with E-state index in [0.717, 1.165) is 11.6 Å². The third-order valence-corrected chi connectivity index (χ3v) is 7.52. The fraction of sp³-hybridized carbons (Fsp3) is 0.226. The molecule has 6 aromatic rings. The summed E-state index contributed by atoms with van der Waals surface area (Å²) in [5.41, 5.74) is 5.44. The number of aromatic amines is 2. The van der Waals surface area contributed by atoms with Gasteiger partial charge in [-0.15, -0.1) is 0 Å². The van der Waals surface area contributed by atoms with Gasteiger partial charge in [-0.1, -0.05) is 20.8 Å². The van der Waals surface area contributed by atoms with Gasteiger partial charge in [-0.25, -0.2) is 22.5 Å². The van der Waals surface area contributed by atoms with E-state index in [0.29, 0.717) is 68.3 Å². The predicted molar refractivity (Wildman–Crippen MR) is 170 cm³/mol. The fourth-order valence-corrected chi connectivity index (χ4v) is 5.38. The van der Waals surface area contributed by atoms with Gasteiger partial charge >= 0.3 is 0 Å². The van der Waals surface area contributed by atoms with Crippen LogP contribution in [-0.4, -0.2) is 55.7 Å². The molecule has 1 amide bonds. The lowest BCUT2D eigenvalue weighted by molar-refractivity contribution is -0.117. The maximum atomic E-state index is 14.6. The number of nitrogens with one attached hydrogen (secondary N) is 4. The van der Waals surface area contributed by atoms with Gasteiger partial charge in [-0.2, -0.15) is 5.10 Å². The Morgan fingerprint density at radius 2 is 1.80 bits per heavy atom. The van der Waals surface area contributed by atoms with Gasteiger partial charge in [0.05, 0.1) is 46.8 Å². The van der Waals surface area contributed by atoms with Crippen molar-refractivity contribution in [1.82, 2.24) is 39.8 Å². The lowest BCUT2D eigenvalue weighted by Crippen LogP contribution is -2.21. The molecule has 0 aliphatic carbocycles. The molecule has 0 aliphatic rings. The van der Waals surface area contributed by atoms with Crippen molar-refractivity contribution >= 4 is 43.6 Å². The van der Waals surface area contributed by atoms with Gasteiger partial charge in [0.2, 0.25) is 15.9 Å². The van der Waals surface area contributed by atoms with Crippen LogP contribution in [0.1, 0.15) is 32.8 Å². The number of sulfonamides is 1. The number of aromatic nitrogens is 7. The van der Waals surface area contributed by atoms with Crippen molar-refractivity contribution in [3.63, 3.8) is 0 Å². The summed E-state index contributed by atoms with van der Waals surface area (Å²) < 4.78 is 40.1. The van der Waals surface area contributed by atoms with Gasteiger partial charge in [0, 0.05) is 41.9 Å². The highest BCUT2D eigenvalue weighted by Gasteiger charge is 2.19. The number of amides is 1. The number of hydrogen-bond acceptors (Lipinski definition) is 8. The van der Waals surface area contributed by atoms with E-state index in [1.165, 1.54) is 12.1 Å². The fourth-order valence-electron chi connectivity index (χ4n) is 4.95. The lowest BCUT2D eigenvalue weighted by atomic mass is 9.92. The average molecular weight is 628 g/mol. The van der Waals surface area contributed by atoms with Crippen LogP contribution in [0.3, 0.4) is 0 Å². The second-order valence-electron chi connectivity index (χ2n) is 12.0. The Morgan fingerprint density at radius 3 is 2.58 bits per heavy atom. The number of fused-ring (bicyclic) bond motifs is 2. The minimum atomic E-state index is -3.46. The van der Waals surface area contributed by atoms with Crippen molar-refractivity contribution in [2.45, 2.75) is 33.7 Å². The molecule has 5 heterocycles. The zero-order valence-corrected chi connectivity index (χ0v) is 25.8. The van der Waals surface area contributed by atoms with E-state index < -0.39 is 15.8 Å². The highest BCUT2D eigenvalue weighted by atomic mass is 32.2. The lowest BCUT2D eigenvalue weighted by Gasteiger charge is -2.17. The van der Waals surface area contributed by atoms with E-state index in [2.05, 4.69) is 40.2 Å². The molecule has 0 saturated heterocycles. The summed E-state index contributed by atoms with van der Waals surface area (Å²) in [6.07, 6.45) is 7.93. The number of carbonyl (C=O) groups is 1. The smallest absolute Gasteiger partial charge is 0.224 e. The maximum absolute atomic E-state index is 14.6. The summed E-state index contributed by atoms with van der Waals surface area (Å²) in [7, 11) is -3.46. The Bertz CT molecular complexity index is 2190. The Balaban J connectivity index is 1.34. The highest BCUT2D eigenvalue weighted by molar-refractivity contribution is 7.88. The van der Waals surface area contributed by atoms with Crippen LogP contribution in [0.25, 0.3) is 56.0 Å². The number of imidazole rings is 1. The summed E-state index contributed by atoms with van der Waals surface area (Å²) in [5, 5.41) is 11.1. The molecular formula is C31H30FN9O3S. The molecule has 0 saturated carbocycles. The summed E-state index contributed by atoms with van der Waals surface area (Å²) in [6.45, 7) is 5.94. The topological polar surface area (TPSA) is 171 Å². The largest absolute Gasteiger partial charge is 0.336 e. The van der Waals surface area contributed by atoms with Crippen molar-refractivity contribution in [3.05, 3.63) is 72.6 Å². The minimum Gasteiger partial charge on any atom is -0.336 e. The van der Waals surface area contributed by atoms with E-state index in [1.54, 1.807) is 36.9 Å². The van der Waals surface area contributed by atoms with Crippen LogP contribution in [0.2, 0.25) is 0 Å². The number of benzene rings is 1. The van der Waals surface area contributed by atoms with Crippen molar-refractivity contribution in [2.24, 2.45) is 5.41 Å². The number of halogens is 1. The quantitative estimate of drug-likeness (QED) is 0.179. The van der Waals surface area contributed by atoms with Crippen LogP contribution in [0.5, 0.6) is 0 Å². The first kappa shape index (κ1) is 30.0. The molecule has 1 aromatic carbocycles. The highest BCUT2D eigenvalue weighted by Crippen LogP contribution is 2.32. The third-order valence-electron chi connectivity index (χ3n) is 6.85. The number of carbonyl (C=O) groups excluding carboxylic acids is 1. The first-order valence-corrected chi connectivity index (χ1v) is 15.9. The van der Waals surface area contributed by atoms with Gasteiger partial charge in [-0.3, -0.25) is 24.8 Å². The molecular weight excluding hydrogens is 597 g/mol. The monoisotopic (exact) mass is 627 g/mol. The first-order chi connectivity index (χ1) is 21.3. The van der Waals surface area contributed by atoms with Crippen LogP contribution in [0, 0.1) is 11.2 Å². The van der Waals surface area contributed by atoms with Crippen LogP contribution in [0.15, 0.2) is 61.2 Å². The Kier molecular flexibility index (Phi) is 7.62. The van der Waals surface area contributed by atoms with Gasteiger partial charge < -0.3 is 10.3 Å². The summed E-state index contributed by atoms with van der Waals surface area (Å²) >= 11 is 0. The predicted octanol–water partition coefficient (Wildman–Crippen LogP) is 5.19. The second kappa shape index (κ2) is 11.4. The molecule has 0 spiro atoms. The van der Waals surface area contributed by atoms with Gasteiger partial charge in [0.15, 0.2) is 5.82 Å². The molecule has 0 aliphatic heterocycles. The van der Waals surface area contributed by atoms with Crippen LogP contribution < -0.4 is 10.0 Å². The van der Waals surface area contributed by atoms with Crippen LogP contribution in [-0.2, 0) is 21.4 Å². The molecule has 5 aromatic heterocycles. The zero-order valence-electron chi connectivity index (χ0n) is 24.9. The van der Waals surface area contributed by atoms with Gasteiger partial charge in [-0.05, 0) is 47.4 Å². The Morgan fingerprint density at radius 1 is 0.978 bits per heavy atom. The number of pyridine rings is 3. The number of rotatable bonds is 8. The van der Waals surface area contributed by atoms with Gasteiger partial charge in [0.1, 0.15) is 17.0 Å². The standard InChI is InChI=1S/C31H30FN9O3S/c1-31(2,3)12-26(42)37-21-10-19(14-33-15-21)24-11-22-25(16-35-24)40-41-28(22)30-38-23-5-6-34-27(29(23)39-30)18-7-17(8-20(32)9-18)13-36-45(4,43)44/h5-11,14-16,36H,12-13H2,1-4H3,(H,37,42)(H,38,39)(H,40,41). The molecule has 0 atom stereocenters. The normalized spacial score (nSPS) is 12.2. The van der Waals surface area contributed by atoms with E-state index in [-0.39, 0.29) is 17.9 Å². The molecule has 230 valence electrons. The number of anilines is 1. The number of hydrogen-bond donors (Lipinski definition) is 4. The van der Waals surface area contributed by atoms with Crippen molar-refractivity contribution < 1.29 is 17.6 Å². The molecule has 0 radical (unpaired) electrons. The van der Waals surface area contributed by atoms with E-state index >= 15 is 0 Å². The minimum absolute atomic E-state index is 0.0667. The number of nitrogens with zero attached hydrogens (tertiary/aromatic N) is 5. The average Bonchev–Trinajstić information content (AvgIpc) is 3.58. The molecule has 14 heteroatoms. The van der Waals surface area contributed by atoms with Crippen molar-refractivity contribution in [3.8, 4) is 34.0 Å². The molecule has 0 fully saturated rings. The van der Waals surface area contributed by atoms with Crippen molar-refractivity contribution in [2.75, 3.05) is 11.6 Å². The zero-order chi connectivity index (χ0) is 31.9. The molecule has 45 heavy (non-hydrogen) atoms. The molecule has 0 unspecified atom stereocenters. The molecule has 4 N–H and O–H groups in total. The van der Waals surface area contributed by atoms with E-state index in [9.17, 15) is 17.6 Å². The molecule has 12 nitrogen and oxygen atoms in total. The number of H-pyrrole nitrogens is 2. The third kappa shape index (κ3) is 6.86. The Hall–Kier alpha value is -5.08. The first-order valence-electron chi connectivity index (χ1n) is 14.0. The summed E-state index contributed by atoms with van der Waals surface area (Å²) in [6, 6.07) is 9.71. The Labute approximate surface area is 258 Å². The molecule has 6 rings (SSSR count). The molecule has 0 bridgehead atoms. The SMILES string of the molecule is CC(C)(C)CC(=O)Nc1cncc(-c2cc3c(-c4nc5c(-c6cc(F)cc(CNS(C)(=O)=O)c6)nccc5[nH]4)n[nH]c3cn2)c1. The second-order valence-corrected chi connectivity index (χ2v) is 13.9. The van der Waals surface area contributed by atoms with E-state index in [1.807, 2.05) is 32.9 Å². The van der Waals surface area contributed by atoms with Gasteiger partial charge in [0.25, 0.3) is 0 Å². The van der Waals surface area contributed by atoms with Crippen molar-refractivity contribution in [1.29, 1.82) is 0 Å².